The molecule has 50 heavy (non-hydrogen) atoms. The molecule has 2 fully saturated rings. The van der Waals surface area contributed by atoms with Crippen molar-refractivity contribution in [1.29, 1.82) is 0 Å². The van der Waals surface area contributed by atoms with Crippen molar-refractivity contribution in [2.45, 2.75) is 82.7 Å². The van der Waals surface area contributed by atoms with E-state index in [0.29, 0.717) is 33.0 Å². The van der Waals surface area contributed by atoms with Crippen molar-refractivity contribution in [3.05, 3.63) is 156 Å². The van der Waals surface area contributed by atoms with Gasteiger partial charge in [-0.1, -0.05) is 133 Å². The first-order valence-electron chi connectivity index (χ1n) is 17.8. The highest BCUT2D eigenvalue weighted by molar-refractivity contribution is 5.21. The molecule has 0 aromatic heterocycles. The SMILES string of the molecule is CC1(C)OC[C@H]([C@H]2C=C[C@@H](O)[C@@H]3[C@@H](OCc4ccccc4)[C@H](OCc4ccccc4)[C@@H](OCc4ccccc4)[C@H](OCc4ccccc4)[C@H]23)O1. The van der Waals surface area contributed by atoms with Crippen molar-refractivity contribution < 1.29 is 33.5 Å². The van der Waals surface area contributed by atoms with E-state index in [1.54, 1.807) is 0 Å². The Morgan fingerprint density at radius 2 is 0.920 bits per heavy atom. The van der Waals surface area contributed by atoms with E-state index < -0.39 is 36.3 Å². The molecular weight excluding hydrogens is 628 g/mol. The zero-order valence-electron chi connectivity index (χ0n) is 28.8. The van der Waals surface area contributed by atoms with Gasteiger partial charge in [-0.25, -0.2) is 0 Å². The number of aliphatic hydroxyl groups is 1. The van der Waals surface area contributed by atoms with Crippen molar-refractivity contribution in [3.8, 4) is 0 Å². The predicted molar refractivity (Wildman–Crippen MR) is 191 cm³/mol. The van der Waals surface area contributed by atoms with E-state index in [0.717, 1.165) is 22.3 Å². The van der Waals surface area contributed by atoms with E-state index in [-0.39, 0.29) is 23.9 Å². The molecule has 7 nitrogen and oxygen atoms in total. The molecule has 1 heterocycles. The second-order valence-corrected chi connectivity index (χ2v) is 14.0. The van der Waals surface area contributed by atoms with Gasteiger partial charge in [-0.3, -0.25) is 0 Å². The highest BCUT2D eigenvalue weighted by Crippen LogP contribution is 2.49. The summed E-state index contributed by atoms with van der Waals surface area (Å²) in [6, 6.07) is 40.6. The van der Waals surface area contributed by atoms with Gasteiger partial charge >= 0.3 is 0 Å². The monoisotopic (exact) mass is 676 g/mol. The molecule has 262 valence electrons. The van der Waals surface area contributed by atoms with Gasteiger partial charge in [0.2, 0.25) is 0 Å². The standard InChI is InChI=1S/C43H48O7/c1-43(2)49-29-36(50-43)34-23-24-35(44)38-37(34)39(45-25-30-15-7-3-8-16-30)41(47-27-32-19-11-5-12-20-32)42(48-28-33-21-13-6-14-22-33)40(38)46-26-31-17-9-4-10-18-31/h3-24,34-42,44H,25-29H2,1-2H3/t34-,35-,36-,37-,38+,39-,40-,41+,42+/m1/s1. The average molecular weight is 677 g/mol. The fraction of sp³-hybridized carbons (Fsp3) is 0.395. The van der Waals surface area contributed by atoms with Crippen LogP contribution in [0.2, 0.25) is 0 Å². The zero-order valence-corrected chi connectivity index (χ0v) is 28.8. The summed E-state index contributed by atoms with van der Waals surface area (Å²) in [5.74, 6) is -1.46. The van der Waals surface area contributed by atoms with Gasteiger partial charge in [-0.15, -0.1) is 0 Å². The van der Waals surface area contributed by atoms with E-state index >= 15 is 0 Å². The third kappa shape index (κ3) is 8.27. The van der Waals surface area contributed by atoms with Gasteiger partial charge in [-0.05, 0) is 36.1 Å². The van der Waals surface area contributed by atoms with Gasteiger partial charge in [-0.2, -0.15) is 0 Å². The highest BCUT2D eigenvalue weighted by atomic mass is 16.7. The smallest absolute Gasteiger partial charge is 0.163 e. The van der Waals surface area contributed by atoms with Crippen molar-refractivity contribution in [2.75, 3.05) is 6.61 Å². The van der Waals surface area contributed by atoms with Crippen molar-refractivity contribution >= 4 is 0 Å². The van der Waals surface area contributed by atoms with Crippen LogP contribution in [0.4, 0.5) is 0 Å². The Kier molecular flexibility index (Phi) is 11.2. The Labute approximate surface area is 295 Å². The fourth-order valence-electron chi connectivity index (χ4n) is 7.78. The van der Waals surface area contributed by atoms with Gasteiger partial charge in [0.25, 0.3) is 0 Å². The minimum absolute atomic E-state index is 0.133. The van der Waals surface area contributed by atoms with Gasteiger partial charge < -0.3 is 33.5 Å². The largest absolute Gasteiger partial charge is 0.389 e. The molecule has 0 bridgehead atoms. The third-order valence-electron chi connectivity index (χ3n) is 10.1. The molecule has 9 atom stereocenters. The summed E-state index contributed by atoms with van der Waals surface area (Å²) in [6.07, 6.45) is 0.839. The molecule has 4 aromatic carbocycles. The summed E-state index contributed by atoms with van der Waals surface area (Å²) in [5.41, 5.74) is 4.19. The molecule has 0 amide bonds. The molecule has 3 aliphatic rings. The summed E-state index contributed by atoms with van der Waals surface area (Å²) in [6.45, 7) is 5.78. The molecule has 2 aliphatic carbocycles. The summed E-state index contributed by atoms with van der Waals surface area (Å²) < 4.78 is 40.5. The molecule has 0 unspecified atom stereocenters. The van der Waals surface area contributed by atoms with E-state index in [9.17, 15) is 5.11 Å². The Bertz CT molecular complexity index is 1630. The fourth-order valence-corrected chi connectivity index (χ4v) is 7.78. The van der Waals surface area contributed by atoms with Crippen molar-refractivity contribution in [2.24, 2.45) is 17.8 Å². The van der Waals surface area contributed by atoms with E-state index in [4.69, 9.17) is 28.4 Å². The molecule has 1 saturated carbocycles. The zero-order chi connectivity index (χ0) is 34.3. The second-order valence-electron chi connectivity index (χ2n) is 14.0. The maximum atomic E-state index is 11.9. The van der Waals surface area contributed by atoms with Crippen LogP contribution < -0.4 is 0 Å². The van der Waals surface area contributed by atoms with E-state index in [2.05, 4.69) is 54.6 Å². The second kappa shape index (κ2) is 16.1. The van der Waals surface area contributed by atoms with Crippen LogP contribution in [-0.4, -0.2) is 54.1 Å². The van der Waals surface area contributed by atoms with Crippen LogP contribution in [0.3, 0.4) is 0 Å². The number of ether oxygens (including phenoxy) is 6. The minimum atomic E-state index is -0.798. The number of aliphatic hydroxyl groups excluding tert-OH is 1. The van der Waals surface area contributed by atoms with Crippen LogP contribution in [0, 0.1) is 17.8 Å². The number of fused-ring (bicyclic) bond motifs is 1. The maximum absolute atomic E-state index is 11.9. The molecule has 4 aromatic rings. The van der Waals surface area contributed by atoms with Gasteiger partial charge in [0.05, 0.1) is 57.5 Å². The summed E-state index contributed by atoms with van der Waals surface area (Å²) in [5, 5.41) is 11.9. The van der Waals surface area contributed by atoms with Gasteiger partial charge in [0.15, 0.2) is 5.79 Å². The van der Waals surface area contributed by atoms with Crippen LogP contribution in [0.25, 0.3) is 0 Å². The Hall–Kier alpha value is -3.66. The number of hydrogen-bond acceptors (Lipinski definition) is 7. The van der Waals surface area contributed by atoms with Crippen LogP contribution in [0.15, 0.2) is 133 Å². The van der Waals surface area contributed by atoms with Crippen LogP contribution in [-0.2, 0) is 54.8 Å². The topological polar surface area (TPSA) is 75.6 Å². The van der Waals surface area contributed by atoms with Crippen LogP contribution >= 0.6 is 0 Å². The van der Waals surface area contributed by atoms with Crippen molar-refractivity contribution in [1.82, 2.24) is 0 Å². The van der Waals surface area contributed by atoms with Gasteiger partial charge in [0, 0.05) is 17.8 Å². The van der Waals surface area contributed by atoms with Crippen LogP contribution in [0.5, 0.6) is 0 Å². The predicted octanol–water partition coefficient (Wildman–Crippen LogP) is 7.27. The molecule has 1 saturated heterocycles. The Morgan fingerprint density at radius 3 is 1.30 bits per heavy atom. The average Bonchev–Trinajstić information content (AvgIpc) is 3.52. The normalized spacial score (nSPS) is 30.2. The third-order valence-corrected chi connectivity index (χ3v) is 10.1. The Balaban J connectivity index is 1.30. The molecule has 7 rings (SSSR count). The molecular formula is C43H48O7. The van der Waals surface area contributed by atoms with E-state index in [1.165, 1.54) is 0 Å². The quantitative estimate of drug-likeness (QED) is 0.149. The van der Waals surface area contributed by atoms with Crippen molar-refractivity contribution in [3.63, 3.8) is 0 Å². The summed E-state index contributed by atoms with van der Waals surface area (Å²) >= 11 is 0. The first kappa shape index (κ1) is 34.8. The molecule has 1 aliphatic heterocycles. The lowest BCUT2D eigenvalue weighted by Crippen LogP contribution is -2.66. The minimum Gasteiger partial charge on any atom is -0.389 e. The lowest BCUT2D eigenvalue weighted by Gasteiger charge is -2.55. The summed E-state index contributed by atoms with van der Waals surface area (Å²) in [4.78, 5) is 0. The highest BCUT2D eigenvalue weighted by Gasteiger charge is 2.59. The maximum Gasteiger partial charge on any atom is 0.163 e. The lowest BCUT2D eigenvalue weighted by atomic mass is 9.61. The van der Waals surface area contributed by atoms with Crippen LogP contribution in [0.1, 0.15) is 36.1 Å². The van der Waals surface area contributed by atoms with E-state index in [1.807, 2.05) is 92.7 Å². The molecule has 0 radical (unpaired) electrons. The summed E-state index contributed by atoms with van der Waals surface area (Å²) in [7, 11) is 0. The number of rotatable bonds is 13. The number of hydrogen-bond donors (Lipinski definition) is 1. The lowest BCUT2D eigenvalue weighted by molar-refractivity contribution is -0.268. The molecule has 1 N–H and O–H groups in total. The molecule has 0 spiro atoms. The Morgan fingerprint density at radius 1 is 0.540 bits per heavy atom. The first-order chi connectivity index (χ1) is 24.4. The first-order valence-corrected chi connectivity index (χ1v) is 17.8. The molecule has 7 heteroatoms. The number of benzene rings is 4. The van der Waals surface area contributed by atoms with Gasteiger partial charge in [0.1, 0.15) is 12.2 Å².